The Morgan fingerprint density at radius 1 is 1.10 bits per heavy atom. The third-order valence-electron chi connectivity index (χ3n) is 3.79. The van der Waals surface area contributed by atoms with Gasteiger partial charge >= 0.3 is 0 Å². The van der Waals surface area contributed by atoms with Crippen molar-refractivity contribution >= 4 is 0 Å². The van der Waals surface area contributed by atoms with Crippen LogP contribution in [0, 0.1) is 13.8 Å². The van der Waals surface area contributed by atoms with Gasteiger partial charge in [0.25, 0.3) is 0 Å². The van der Waals surface area contributed by atoms with Crippen molar-refractivity contribution in [3.8, 4) is 5.75 Å². The van der Waals surface area contributed by atoms with Crippen LogP contribution in [0.15, 0.2) is 12.1 Å². The Hall–Kier alpha value is -1.06. The van der Waals surface area contributed by atoms with E-state index in [0.717, 1.165) is 25.1 Å². The molecular weight excluding hydrogens is 250 g/mol. The summed E-state index contributed by atoms with van der Waals surface area (Å²) >= 11 is 0. The maximum Gasteiger partial charge on any atom is 0.122 e. The molecule has 3 nitrogen and oxygen atoms in total. The van der Waals surface area contributed by atoms with Crippen LogP contribution >= 0.6 is 0 Å². The number of aryl methyl sites for hydroxylation is 2. The second-order valence-corrected chi connectivity index (χ2v) is 5.28. The molecule has 1 aromatic rings. The monoisotopic (exact) mass is 279 g/mol. The first-order valence-electron chi connectivity index (χ1n) is 7.50. The van der Waals surface area contributed by atoms with E-state index in [1.807, 2.05) is 0 Å². The minimum absolute atomic E-state index is 0.200. The molecule has 2 unspecified atom stereocenters. The highest BCUT2D eigenvalue weighted by Gasteiger charge is 2.23. The predicted molar refractivity (Wildman–Crippen MR) is 84.6 cm³/mol. The predicted octanol–water partition coefficient (Wildman–Crippen LogP) is 3.78. The van der Waals surface area contributed by atoms with Crippen LogP contribution in [-0.2, 0) is 4.74 Å². The normalized spacial score (nSPS) is 14.1. The Bertz CT molecular complexity index is 418. The maximum absolute atomic E-state index is 5.72. The Morgan fingerprint density at radius 3 is 2.30 bits per heavy atom. The van der Waals surface area contributed by atoms with E-state index < -0.39 is 0 Å². The quantitative estimate of drug-likeness (QED) is 0.785. The van der Waals surface area contributed by atoms with Crippen molar-refractivity contribution in [1.29, 1.82) is 0 Å². The Labute approximate surface area is 123 Å². The van der Waals surface area contributed by atoms with Gasteiger partial charge in [-0.25, -0.2) is 0 Å². The van der Waals surface area contributed by atoms with Gasteiger partial charge in [-0.15, -0.1) is 0 Å². The zero-order valence-electron chi connectivity index (χ0n) is 13.7. The molecule has 0 amide bonds. The minimum atomic E-state index is 0.200. The molecule has 0 aliphatic carbocycles. The molecule has 0 fully saturated rings. The summed E-state index contributed by atoms with van der Waals surface area (Å²) in [5, 5.41) is 3.57. The first-order valence-corrected chi connectivity index (χ1v) is 7.50. The number of rotatable bonds is 8. The highest BCUT2D eigenvalue weighted by atomic mass is 16.5. The number of nitrogens with one attached hydrogen (secondary N) is 1. The van der Waals surface area contributed by atoms with Crippen molar-refractivity contribution in [2.45, 2.75) is 52.7 Å². The van der Waals surface area contributed by atoms with Gasteiger partial charge in [-0.1, -0.05) is 26.3 Å². The third kappa shape index (κ3) is 3.97. The minimum Gasteiger partial charge on any atom is -0.496 e. The standard InChI is InChI=1S/C17H29NO2/c1-7-9-15(19-5)17(18-8-2)14-10-13(4)16(20-6)11-12(14)3/h10-11,15,17-18H,7-9H2,1-6H3. The molecule has 20 heavy (non-hydrogen) atoms. The summed E-state index contributed by atoms with van der Waals surface area (Å²) < 4.78 is 11.1. The molecule has 0 aromatic heterocycles. The third-order valence-corrected chi connectivity index (χ3v) is 3.79. The number of benzene rings is 1. The molecule has 2 atom stereocenters. The van der Waals surface area contributed by atoms with Gasteiger partial charge in [-0.3, -0.25) is 0 Å². The van der Waals surface area contributed by atoms with E-state index in [2.05, 4.69) is 45.1 Å². The van der Waals surface area contributed by atoms with Gasteiger partial charge in [0.05, 0.1) is 19.3 Å². The lowest BCUT2D eigenvalue weighted by Gasteiger charge is -2.29. The lowest BCUT2D eigenvalue weighted by molar-refractivity contribution is 0.0609. The highest BCUT2D eigenvalue weighted by Crippen LogP contribution is 2.30. The van der Waals surface area contributed by atoms with Crippen molar-refractivity contribution in [1.82, 2.24) is 5.32 Å². The molecule has 0 saturated heterocycles. The van der Waals surface area contributed by atoms with Crippen LogP contribution in [0.2, 0.25) is 0 Å². The van der Waals surface area contributed by atoms with Crippen LogP contribution in [0.1, 0.15) is 49.4 Å². The molecule has 1 N–H and O–H groups in total. The fourth-order valence-corrected chi connectivity index (χ4v) is 2.73. The van der Waals surface area contributed by atoms with Crippen molar-refractivity contribution in [3.63, 3.8) is 0 Å². The topological polar surface area (TPSA) is 30.5 Å². The van der Waals surface area contributed by atoms with Gasteiger partial charge in [-0.05, 0) is 49.6 Å². The van der Waals surface area contributed by atoms with E-state index in [1.165, 1.54) is 16.7 Å². The number of methoxy groups -OCH3 is 2. The number of likely N-dealkylation sites (N-methyl/N-ethyl adjacent to an activating group) is 1. The summed E-state index contributed by atoms with van der Waals surface area (Å²) in [4.78, 5) is 0. The van der Waals surface area contributed by atoms with E-state index in [1.54, 1.807) is 14.2 Å². The Balaban J connectivity index is 3.16. The zero-order chi connectivity index (χ0) is 15.1. The first kappa shape index (κ1) is 17.0. The largest absolute Gasteiger partial charge is 0.496 e. The average Bonchev–Trinajstić information content (AvgIpc) is 2.45. The summed E-state index contributed by atoms with van der Waals surface area (Å²) in [7, 11) is 3.52. The average molecular weight is 279 g/mol. The lowest BCUT2D eigenvalue weighted by atomic mass is 9.92. The summed E-state index contributed by atoms with van der Waals surface area (Å²) in [6.07, 6.45) is 2.37. The van der Waals surface area contributed by atoms with Crippen LogP contribution in [0.3, 0.4) is 0 Å². The number of hydrogen-bond acceptors (Lipinski definition) is 3. The van der Waals surface area contributed by atoms with Gasteiger partial charge < -0.3 is 14.8 Å². The molecule has 0 bridgehead atoms. The Kier molecular flexibility index (Phi) is 7.03. The molecule has 0 spiro atoms. The molecule has 114 valence electrons. The summed E-state index contributed by atoms with van der Waals surface area (Å²) in [5.74, 6) is 0.950. The molecule has 3 heteroatoms. The smallest absolute Gasteiger partial charge is 0.122 e. The van der Waals surface area contributed by atoms with Crippen molar-refractivity contribution in [2.75, 3.05) is 20.8 Å². The molecular formula is C17H29NO2. The first-order chi connectivity index (χ1) is 9.58. The molecule has 0 aliphatic heterocycles. The van der Waals surface area contributed by atoms with E-state index in [9.17, 15) is 0 Å². The lowest BCUT2D eigenvalue weighted by Crippen LogP contribution is -2.33. The zero-order valence-corrected chi connectivity index (χ0v) is 13.7. The van der Waals surface area contributed by atoms with Crippen molar-refractivity contribution in [2.24, 2.45) is 0 Å². The van der Waals surface area contributed by atoms with E-state index >= 15 is 0 Å². The number of hydrogen-bond donors (Lipinski definition) is 1. The molecule has 0 aliphatic rings. The number of ether oxygens (including phenoxy) is 2. The van der Waals surface area contributed by atoms with Gasteiger partial charge in [-0.2, -0.15) is 0 Å². The van der Waals surface area contributed by atoms with Crippen molar-refractivity contribution in [3.05, 3.63) is 28.8 Å². The van der Waals surface area contributed by atoms with Crippen LogP contribution in [-0.4, -0.2) is 26.9 Å². The summed E-state index contributed by atoms with van der Waals surface area (Å²) in [6.45, 7) is 9.49. The van der Waals surface area contributed by atoms with Gasteiger partial charge in [0.15, 0.2) is 0 Å². The van der Waals surface area contributed by atoms with Crippen LogP contribution in [0.25, 0.3) is 0 Å². The van der Waals surface area contributed by atoms with Crippen LogP contribution < -0.4 is 10.1 Å². The molecule has 1 aromatic carbocycles. The molecule has 0 heterocycles. The van der Waals surface area contributed by atoms with Gasteiger partial charge in [0.1, 0.15) is 5.75 Å². The van der Waals surface area contributed by atoms with E-state index in [0.29, 0.717) is 0 Å². The van der Waals surface area contributed by atoms with Crippen molar-refractivity contribution < 1.29 is 9.47 Å². The highest BCUT2D eigenvalue weighted by molar-refractivity contribution is 5.43. The summed E-state index contributed by atoms with van der Waals surface area (Å²) in [5.41, 5.74) is 3.73. The SMILES string of the molecule is CCCC(OC)C(NCC)c1cc(C)c(OC)cc1C. The molecule has 1 rings (SSSR count). The van der Waals surface area contributed by atoms with E-state index in [-0.39, 0.29) is 12.1 Å². The van der Waals surface area contributed by atoms with Crippen LogP contribution in [0.4, 0.5) is 0 Å². The molecule has 0 saturated carbocycles. The fourth-order valence-electron chi connectivity index (χ4n) is 2.73. The van der Waals surface area contributed by atoms with Crippen LogP contribution in [0.5, 0.6) is 5.75 Å². The van der Waals surface area contributed by atoms with Gasteiger partial charge in [0, 0.05) is 7.11 Å². The Morgan fingerprint density at radius 2 is 1.80 bits per heavy atom. The van der Waals surface area contributed by atoms with E-state index in [4.69, 9.17) is 9.47 Å². The van der Waals surface area contributed by atoms with Gasteiger partial charge in [0.2, 0.25) is 0 Å². The summed E-state index contributed by atoms with van der Waals surface area (Å²) in [6, 6.07) is 4.58. The molecule has 0 radical (unpaired) electrons. The second-order valence-electron chi connectivity index (χ2n) is 5.28. The fraction of sp³-hybridized carbons (Fsp3) is 0.647. The second kappa shape index (κ2) is 8.28. The maximum atomic E-state index is 5.72.